The first-order valence-electron chi connectivity index (χ1n) is 9.42. The molecule has 0 spiro atoms. The van der Waals surface area contributed by atoms with Gasteiger partial charge in [0.2, 0.25) is 0 Å². The highest BCUT2D eigenvalue weighted by Crippen LogP contribution is 2.33. The van der Waals surface area contributed by atoms with Crippen LogP contribution in [0, 0.1) is 29.0 Å². The molecule has 1 fully saturated rings. The minimum absolute atomic E-state index is 0.0154. The van der Waals surface area contributed by atoms with Crippen LogP contribution in [0.2, 0.25) is 0 Å². The molecule has 2 nitrogen and oxygen atoms in total. The maximum Gasteiger partial charge on any atom is 0.426 e. The Kier molecular flexibility index (Phi) is 6.08. The molecule has 146 valence electrons. The third-order valence-corrected chi connectivity index (χ3v) is 5.17. The number of ether oxygens (including phenoxy) is 1. The van der Waals surface area contributed by atoms with Crippen molar-refractivity contribution < 1.29 is 17.9 Å². The highest BCUT2D eigenvalue weighted by molar-refractivity contribution is 5.51. The molecule has 2 aromatic carbocycles. The van der Waals surface area contributed by atoms with Crippen LogP contribution in [0.25, 0.3) is 6.08 Å². The maximum atomic E-state index is 14.3. The Morgan fingerprint density at radius 2 is 1.75 bits per heavy atom. The Morgan fingerprint density at radius 1 is 1.07 bits per heavy atom. The predicted octanol–water partition coefficient (Wildman–Crippen LogP) is 6.67. The number of hydrogen-bond donors (Lipinski definition) is 0. The molecule has 1 saturated carbocycles. The van der Waals surface area contributed by atoms with Crippen LogP contribution in [0.15, 0.2) is 48.5 Å². The average Bonchev–Trinajstić information content (AvgIpc) is 2.68. The number of halogens is 3. The molecule has 0 bridgehead atoms. The van der Waals surface area contributed by atoms with Crippen molar-refractivity contribution in [3.8, 4) is 11.8 Å². The molecule has 3 rings (SSSR count). The van der Waals surface area contributed by atoms with Gasteiger partial charge in [0.1, 0.15) is 17.6 Å². The van der Waals surface area contributed by atoms with E-state index in [0.717, 1.165) is 23.6 Å². The predicted molar refractivity (Wildman–Crippen MR) is 102 cm³/mol. The number of nitriles is 1. The molecule has 0 heterocycles. The third-order valence-electron chi connectivity index (χ3n) is 5.17. The van der Waals surface area contributed by atoms with Gasteiger partial charge in [-0.3, -0.25) is 0 Å². The zero-order valence-corrected chi connectivity index (χ0v) is 15.7. The first-order valence-corrected chi connectivity index (χ1v) is 9.42. The summed E-state index contributed by atoms with van der Waals surface area (Å²) in [7, 11) is 0. The lowest BCUT2D eigenvalue weighted by molar-refractivity contribution is -0.185. The van der Waals surface area contributed by atoms with E-state index in [1.54, 1.807) is 18.2 Å². The molecular formula is C23H22F3NO. The highest BCUT2D eigenvalue weighted by atomic mass is 19.3. The summed E-state index contributed by atoms with van der Waals surface area (Å²) in [4.78, 5) is 0. The summed E-state index contributed by atoms with van der Waals surface area (Å²) in [6.45, 7) is 2.28. The molecule has 0 N–H and O–H groups in total. The maximum absolute atomic E-state index is 14.3. The third kappa shape index (κ3) is 4.95. The standard InChI is InChI=1S/C23H22F3NO/c1-16-2-4-17(5-3-16)6-7-18-8-12-21(13-9-18)28-23(25,26)20-11-10-19(15-27)22(24)14-20/h6-14,16-17H,2-5H2,1H3/b7-6+. The van der Waals surface area contributed by atoms with E-state index in [2.05, 4.69) is 13.0 Å². The monoisotopic (exact) mass is 385 g/mol. The van der Waals surface area contributed by atoms with Gasteiger partial charge in [-0.25, -0.2) is 4.39 Å². The molecule has 2 aromatic rings. The van der Waals surface area contributed by atoms with E-state index in [4.69, 9.17) is 10.00 Å². The zero-order valence-electron chi connectivity index (χ0n) is 15.7. The zero-order chi connectivity index (χ0) is 20.1. The van der Waals surface area contributed by atoms with Crippen LogP contribution in [-0.4, -0.2) is 0 Å². The van der Waals surface area contributed by atoms with Gasteiger partial charge in [-0.05, 0) is 60.6 Å². The number of hydrogen-bond acceptors (Lipinski definition) is 2. The van der Waals surface area contributed by atoms with Gasteiger partial charge < -0.3 is 4.74 Å². The van der Waals surface area contributed by atoms with Gasteiger partial charge >= 0.3 is 6.11 Å². The molecule has 0 aliphatic heterocycles. The molecular weight excluding hydrogens is 363 g/mol. The number of rotatable bonds is 5. The Morgan fingerprint density at radius 3 is 2.36 bits per heavy atom. The van der Waals surface area contributed by atoms with E-state index < -0.39 is 17.5 Å². The van der Waals surface area contributed by atoms with Crippen LogP contribution in [0.5, 0.6) is 5.75 Å². The Bertz CT molecular complexity index is 876. The Balaban J connectivity index is 1.64. The lowest BCUT2D eigenvalue weighted by atomic mass is 9.83. The average molecular weight is 385 g/mol. The van der Waals surface area contributed by atoms with Crippen LogP contribution in [0.1, 0.15) is 49.3 Å². The molecule has 5 heteroatoms. The lowest BCUT2D eigenvalue weighted by Crippen LogP contribution is -2.22. The second-order valence-electron chi connectivity index (χ2n) is 7.37. The summed E-state index contributed by atoms with van der Waals surface area (Å²) in [6.07, 6.45) is 5.36. The fourth-order valence-corrected chi connectivity index (χ4v) is 3.37. The molecule has 28 heavy (non-hydrogen) atoms. The van der Waals surface area contributed by atoms with Crippen molar-refractivity contribution in [3.05, 3.63) is 71.0 Å². The first kappa shape index (κ1) is 20.0. The van der Waals surface area contributed by atoms with E-state index in [9.17, 15) is 13.2 Å². The van der Waals surface area contributed by atoms with Gasteiger partial charge in [0.25, 0.3) is 0 Å². The van der Waals surface area contributed by atoms with E-state index in [-0.39, 0.29) is 11.3 Å². The van der Waals surface area contributed by atoms with Crippen molar-refractivity contribution in [1.82, 2.24) is 0 Å². The molecule has 1 aliphatic rings. The lowest BCUT2D eigenvalue weighted by Gasteiger charge is -2.23. The van der Waals surface area contributed by atoms with E-state index in [1.165, 1.54) is 37.8 Å². The van der Waals surface area contributed by atoms with Crippen molar-refractivity contribution in [1.29, 1.82) is 5.26 Å². The summed E-state index contributed by atoms with van der Waals surface area (Å²) >= 11 is 0. The van der Waals surface area contributed by atoms with Crippen molar-refractivity contribution in [3.63, 3.8) is 0 Å². The van der Waals surface area contributed by atoms with Crippen LogP contribution < -0.4 is 4.74 Å². The summed E-state index contributed by atoms with van der Waals surface area (Å²) in [5.41, 5.74) is -0.0127. The Labute approximate surface area is 163 Å². The largest absolute Gasteiger partial charge is 0.429 e. The van der Waals surface area contributed by atoms with Gasteiger partial charge in [-0.15, -0.1) is 0 Å². The molecule has 0 aromatic heterocycles. The minimum Gasteiger partial charge on any atom is -0.429 e. The second kappa shape index (κ2) is 8.52. The number of allylic oxidation sites excluding steroid dienone is 1. The van der Waals surface area contributed by atoms with Gasteiger partial charge in [0, 0.05) is 0 Å². The number of nitrogens with zero attached hydrogens (tertiary/aromatic N) is 1. The minimum atomic E-state index is -3.70. The molecule has 1 aliphatic carbocycles. The Hall–Kier alpha value is -2.74. The van der Waals surface area contributed by atoms with Crippen molar-refractivity contribution >= 4 is 6.08 Å². The van der Waals surface area contributed by atoms with Crippen LogP contribution in [0.3, 0.4) is 0 Å². The van der Waals surface area contributed by atoms with Crippen molar-refractivity contribution in [2.24, 2.45) is 11.8 Å². The highest BCUT2D eigenvalue weighted by Gasteiger charge is 2.35. The summed E-state index contributed by atoms with van der Waals surface area (Å²) in [5.74, 6) is 0.356. The van der Waals surface area contributed by atoms with Crippen LogP contribution in [-0.2, 0) is 6.11 Å². The van der Waals surface area contributed by atoms with Crippen molar-refractivity contribution in [2.75, 3.05) is 0 Å². The molecule has 0 atom stereocenters. The number of benzene rings is 2. The summed E-state index contributed by atoms with van der Waals surface area (Å²) < 4.78 is 47.0. The van der Waals surface area contributed by atoms with Crippen LogP contribution in [0.4, 0.5) is 13.2 Å². The summed E-state index contributed by atoms with van der Waals surface area (Å²) in [5, 5.41) is 8.70. The fraction of sp³-hybridized carbons (Fsp3) is 0.348. The normalized spacial score (nSPS) is 20.1. The van der Waals surface area contributed by atoms with E-state index >= 15 is 0 Å². The van der Waals surface area contributed by atoms with Crippen molar-refractivity contribution in [2.45, 2.75) is 38.7 Å². The first-order chi connectivity index (χ1) is 13.4. The van der Waals surface area contributed by atoms with Gasteiger partial charge in [-0.2, -0.15) is 14.0 Å². The van der Waals surface area contributed by atoms with Gasteiger partial charge in [-0.1, -0.05) is 44.1 Å². The van der Waals surface area contributed by atoms with E-state index in [0.29, 0.717) is 12.0 Å². The van der Waals surface area contributed by atoms with Crippen LogP contribution >= 0.6 is 0 Å². The van der Waals surface area contributed by atoms with Gasteiger partial charge in [0.15, 0.2) is 0 Å². The van der Waals surface area contributed by atoms with E-state index in [1.807, 2.05) is 6.08 Å². The summed E-state index contributed by atoms with van der Waals surface area (Å²) in [6, 6.07) is 10.6. The number of alkyl halides is 2. The molecule has 0 amide bonds. The van der Waals surface area contributed by atoms with Gasteiger partial charge in [0.05, 0.1) is 11.1 Å². The quantitative estimate of drug-likeness (QED) is 0.576. The fourth-order valence-electron chi connectivity index (χ4n) is 3.37. The topological polar surface area (TPSA) is 33.0 Å². The smallest absolute Gasteiger partial charge is 0.426 e. The SMILES string of the molecule is CC1CCC(/C=C/c2ccc(OC(F)(F)c3ccc(C#N)c(F)c3)cc2)CC1. The molecule has 0 unspecified atom stereocenters. The molecule has 0 saturated heterocycles. The second-order valence-corrected chi connectivity index (χ2v) is 7.37. The molecule has 0 radical (unpaired) electrons.